The topological polar surface area (TPSA) is 95.2 Å². The summed E-state index contributed by atoms with van der Waals surface area (Å²) in [6.07, 6.45) is 8.32. The van der Waals surface area contributed by atoms with Gasteiger partial charge in [0.1, 0.15) is 22.6 Å². The number of hydrogen-bond donors (Lipinski definition) is 2. The number of pyridine rings is 1. The van der Waals surface area contributed by atoms with Crippen LogP contribution >= 0.6 is 0 Å². The zero-order valence-corrected chi connectivity index (χ0v) is 17.1. The Hall–Kier alpha value is -2.67. The molecule has 3 rings (SSSR count). The first-order chi connectivity index (χ1) is 13.6. The molecule has 0 aliphatic carbocycles. The van der Waals surface area contributed by atoms with E-state index in [2.05, 4.69) is 17.2 Å². The van der Waals surface area contributed by atoms with E-state index < -0.39 is 0 Å². The van der Waals surface area contributed by atoms with Gasteiger partial charge in [-0.15, -0.1) is 0 Å². The average molecular weight is 383 g/mol. The third-order valence-corrected chi connectivity index (χ3v) is 5.00. The molecule has 0 atom stereocenters. The summed E-state index contributed by atoms with van der Waals surface area (Å²) in [4.78, 5) is 14.1. The van der Waals surface area contributed by atoms with Gasteiger partial charge in [-0.3, -0.25) is 0 Å². The number of rotatable bonds is 6. The van der Waals surface area contributed by atoms with Crippen LogP contribution in [0.4, 0.5) is 11.6 Å². The van der Waals surface area contributed by atoms with Crippen molar-refractivity contribution in [3.05, 3.63) is 35.4 Å². The number of anilines is 2. The normalized spacial score (nSPS) is 16.4. The van der Waals surface area contributed by atoms with Gasteiger partial charge in [0, 0.05) is 31.0 Å². The molecule has 0 amide bonds. The monoisotopic (exact) mass is 383 g/mol. The quantitative estimate of drug-likeness (QED) is 0.580. The summed E-state index contributed by atoms with van der Waals surface area (Å²) in [6, 6.07) is 0.341. The maximum Gasteiger partial charge on any atom is 0.151 e. The Morgan fingerprint density at radius 1 is 1.32 bits per heavy atom. The van der Waals surface area contributed by atoms with Crippen LogP contribution < -0.4 is 11.1 Å². The Morgan fingerprint density at radius 3 is 2.71 bits per heavy atom. The highest BCUT2D eigenvalue weighted by Crippen LogP contribution is 2.29. The number of nitrogens with two attached hydrogens (primary N) is 1. The summed E-state index contributed by atoms with van der Waals surface area (Å²) >= 11 is 0. The first kappa shape index (κ1) is 20.1. The first-order valence-electron chi connectivity index (χ1n) is 9.75. The third-order valence-electron chi connectivity index (χ3n) is 5.00. The van der Waals surface area contributed by atoms with E-state index in [4.69, 9.17) is 25.2 Å². The highest BCUT2D eigenvalue weighted by atomic mass is 16.5. The van der Waals surface area contributed by atoms with Crippen LogP contribution in [-0.2, 0) is 15.9 Å². The lowest BCUT2D eigenvalue weighted by Crippen LogP contribution is -2.29. The molecule has 1 aliphatic rings. The van der Waals surface area contributed by atoms with Gasteiger partial charge in [0.05, 0.1) is 12.8 Å². The Kier molecular flexibility index (Phi) is 6.46. The van der Waals surface area contributed by atoms with Gasteiger partial charge in [-0.1, -0.05) is 6.92 Å². The largest absolute Gasteiger partial charge is 0.497 e. The van der Waals surface area contributed by atoms with E-state index in [0.29, 0.717) is 17.4 Å². The molecule has 0 bridgehead atoms. The van der Waals surface area contributed by atoms with Gasteiger partial charge in [-0.25, -0.2) is 15.0 Å². The van der Waals surface area contributed by atoms with E-state index in [-0.39, 0.29) is 0 Å². The van der Waals surface area contributed by atoms with Crippen LogP contribution in [0.2, 0.25) is 0 Å². The van der Waals surface area contributed by atoms with E-state index in [1.54, 1.807) is 13.3 Å². The molecule has 0 unspecified atom stereocenters. The molecule has 1 aliphatic heterocycles. The summed E-state index contributed by atoms with van der Waals surface area (Å²) in [5.74, 6) is 1.99. The molecule has 0 radical (unpaired) electrons. The van der Waals surface area contributed by atoms with E-state index in [1.807, 2.05) is 26.0 Å². The second-order valence-electron chi connectivity index (χ2n) is 6.88. The van der Waals surface area contributed by atoms with Crippen molar-refractivity contribution in [1.82, 2.24) is 15.0 Å². The van der Waals surface area contributed by atoms with Crippen molar-refractivity contribution in [3.8, 4) is 0 Å². The number of nitrogens with zero attached hydrogens (tertiary/aromatic N) is 3. The van der Waals surface area contributed by atoms with Crippen molar-refractivity contribution in [2.45, 2.75) is 46.1 Å². The molecule has 150 valence electrons. The minimum absolute atomic E-state index is 0.341. The molecule has 0 aromatic carbocycles. The number of fused-ring (bicyclic) bond motifs is 1. The Morgan fingerprint density at radius 2 is 2.07 bits per heavy atom. The molecule has 1 fully saturated rings. The van der Waals surface area contributed by atoms with Crippen molar-refractivity contribution < 1.29 is 9.47 Å². The molecule has 2 aromatic heterocycles. The van der Waals surface area contributed by atoms with Crippen molar-refractivity contribution in [2.24, 2.45) is 0 Å². The smallest absolute Gasteiger partial charge is 0.151 e. The SMILES string of the molecule is C/C=C(\C=C(/C)c1cnc(N)c2nc(CC)c(NC3CCOCC3)nc12)OC. The van der Waals surface area contributed by atoms with Crippen molar-refractivity contribution in [3.63, 3.8) is 0 Å². The Balaban J connectivity index is 2.10. The molecule has 0 saturated carbocycles. The summed E-state index contributed by atoms with van der Waals surface area (Å²) in [6.45, 7) is 7.56. The average Bonchev–Trinajstić information content (AvgIpc) is 2.72. The lowest BCUT2D eigenvalue weighted by Gasteiger charge is -2.24. The van der Waals surface area contributed by atoms with Crippen LogP contribution in [0.5, 0.6) is 0 Å². The zero-order chi connectivity index (χ0) is 20.1. The molecule has 7 nitrogen and oxygen atoms in total. The Bertz CT molecular complexity index is 901. The van der Waals surface area contributed by atoms with Gasteiger partial charge in [-0.2, -0.15) is 0 Å². The number of aromatic nitrogens is 3. The minimum atomic E-state index is 0.341. The van der Waals surface area contributed by atoms with Gasteiger partial charge in [-0.05, 0) is 50.8 Å². The summed E-state index contributed by atoms with van der Waals surface area (Å²) in [7, 11) is 1.65. The number of aryl methyl sites for hydroxylation is 1. The van der Waals surface area contributed by atoms with E-state index in [1.165, 1.54) is 0 Å². The number of methoxy groups -OCH3 is 1. The lowest BCUT2D eigenvalue weighted by molar-refractivity contribution is 0.0903. The number of hydrogen-bond acceptors (Lipinski definition) is 7. The molecule has 7 heteroatoms. The fraction of sp³-hybridized carbons (Fsp3) is 0.476. The number of nitrogens with one attached hydrogen (secondary N) is 1. The molecular formula is C21H29N5O2. The van der Waals surface area contributed by atoms with Crippen LogP contribution in [0.1, 0.15) is 44.9 Å². The van der Waals surface area contributed by atoms with Gasteiger partial charge in [0.25, 0.3) is 0 Å². The van der Waals surface area contributed by atoms with Crippen LogP contribution in [0.15, 0.2) is 24.1 Å². The maximum absolute atomic E-state index is 6.13. The van der Waals surface area contributed by atoms with Crippen molar-refractivity contribution in [2.75, 3.05) is 31.4 Å². The number of allylic oxidation sites excluding steroid dienone is 3. The number of nitrogen functional groups attached to an aromatic ring is 1. The van der Waals surface area contributed by atoms with Crippen molar-refractivity contribution >= 4 is 28.2 Å². The fourth-order valence-electron chi connectivity index (χ4n) is 3.33. The maximum atomic E-state index is 6.13. The molecule has 3 N–H and O–H groups in total. The van der Waals surface area contributed by atoms with Gasteiger partial charge < -0.3 is 20.5 Å². The minimum Gasteiger partial charge on any atom is -0.497 e. The molecule has 3 heterocycles. The molecule has 28 heavy (non-hydrogen) atoms. The highest BCUT2D eigenvalue weighted by molar-refractivity contribution is 5.94. The summed E-state index contributed by atoms with van der Waals surface area (Å²) < 4.78 is 10.8. The number of ether oxygens (including phenoxy) is 2. The Labute approximate surface area is 166 Å². The molecule has 1 saturated heterocycles. The highest BCUT2D eigenvalue weighted by Gasteiger charge is 2.19. The summed E-state index contributed by atoms with van der Waals surface area (Å²) in [5.41, 5.74) is 10.3. The van der Waals surface area contributed by atoms with Crippen LogP contribution in [0.3, 0.4) is 0 Å². The molecule has 0 spiro atoms. The van der Waals surface area contributed by atoms with Gasteiger partial charge in [0.15, 0.2) is 5.82 Å². The van der Waals surface area contributed by atoms with Crippen LogP contribution in [0.25, 0.3) is 16.6 Å². The molecular weight excluding hydrogens is 354 g/mol. The fourth-order valence-corrected chi connectivity index (χ4v) is 3.33. The van der Waals surface area contributed by atoms with Crippen molar-refractivity contribution in [1.29, 1.82) is 0 Å². The predicted octanol–water partition coefficient (Wildman–Crippen LogP) is 3.71. The molecule has 2 aromatic rings. The van der Waals surface area contributed by atoms with Gasteiger partial charge >= 0.3 is 0 Å². The second-order valence-corrected chi connectivity index (χ2v) is 6.88. The zero-order valence-electron chi connectivity index (χ0n) is 17.1. The second kappa shape index (κ2) is 9.01. The van der Waals surface area contributed by atoms with Crippen LogP contribution in [0, 0.1) is 0 Å². The van der Waals surface area contributed by atoms with E-state index >= 15 is 0 Å². The predicted molar refractivity (Wildman–Crippen MR) is 113 cm³/mol. The first-order valence-corrected chi connectivity index (χ1v) is 9.75. The lowest BCUT2D eigenvalue weighted by atomic mass is 10.1. The van der Waals surface area contributed by atoms with E-state index in [9.17, 15) is 0 Å². The van der Waals surface area contributed by atoms with E-state index in [0.717, 1.165) is 66.4 Å². The van der Waals surface area contributed by atoms with Gasteiger partial charge in [0.2, 0.25) is 0 Å². The third kappa shape index (κ3) is 4.25. The van der Waals surface area contributed by atoms with Crippen LogP contribution in [-0.4, -0.2) is 41.3 Å². The summed E-state index contributed by atoms with van der Waals surface area (Å²) in [5, 5.41) is 3.57. The standard InChI is InChI=1S/C21H29N5O2/c1-5-15(27-4)11-13(3)16-12-23-20(22)19-18(16)26-21(17(6-2)25-19)24-14-7-9-28-10-8-14/h5,11-12,14H,6-10H2,1-4H3,(H2,22,23)(H,24,26)/b13-11+,15-5+.